The predicted molar refractivity (Wildman–Crippen MR) is 59.1 cm³/mol. The van der Waals surface area contributed by atoms with Gasteiger partial charge in [0.05, 0.1) is 12.4 Å². The molecule has 5 heteroatoms. The van der Waals surface area contributed by atoms with Crippen molar-refractivity contribution in [3.63, 3.8) is 0 Å². The second-order valence-electron chi connectivity index (χ2n) is 4.25. The average Bonchev–Trinajstić information content (AvgIpc) is 1.93. The number of rotatable bonds is 7. The molecule has 0 saturated carbocycles. The Morgan fingerprint density at radius 3 is 2.36 bits per heavy atom. The Labute approximate surface area is 91.2 Å². The number of unbranched alkanes of at least 4 members (excludes halogenated alkanes) is 1. The first kappa shape index (κ1) is 14.2. The summed E-state index contributed by atoms with van der Waals surface area (Å²) in [4.78, 5) is 0. The number of halogens is 1. The maximum Gasteiger partial charge on any atom is 0.233 e. The molecule has 0 fully saturated rings. The van der Waals surface area contributed by atoms with E-state index in [1.807, 2.05) is 13.8 Å². The fraction of sp³-hybridized carbons (Fsp3) is 1.00. The summed E-state index contributed by atoms with van der Waals surface area (Å²) in [6.07, 6.45) is 2.08. The second kappa shape index (κ2) is 5.93. The zero-order valence-corrected chi connectivity index (χ0v) is 10.6. The molecule has 3 nitrogen and oxygen atoms in total. The van der Waals surface area contributed by atoms with Gasteiger partial charge in [0.2, 0.25) is 9.05 Å². The van der Waals surface area contributed by atoms with E-state index < -0.39 is 14.5 Å². The topological polar surface area (TPSA) is 43.4 Å². The van der Waals surface area contributed by atoms with Crippen molar-refractivity contribution < 1.29 is 13.2 Å². The van der Waals surface area contributed by atoms with Crippen LogP contribution in [-0.4, -0.2) is 27.4 Å². The normalized spacial score (nSPS) is 13.1. The highest BCUT2D eigenvalue weighted by atomic mass is 35.7. The molecule has 0 atom stereocenters. The smallest absolute Gasteiger partial charge is 0.233 e. The van der Waals surface area contributed by atoms with Gasteiger partial charge in [-0.05, 0) is 6.42 Å². The molecule has 0 heterocycles. The minimum absolute atomic E-state index is 0.0479. The van der Waals surface area contributed by atoms with E-state index in [2.05, 4.69) is 6.92 Å². The lowest BCUT2D eigenvalue weighted by molar-refractivity contribution is 0.0709. The first-order chi connectivity index (χ1) is 6.27. The minimum Gasteiger partial charge on any atom is -0.381 e. The molecule has 0 aromatic rings. The number of hydrogen-bond donors (Lipinski definition) is 0. The molecule has 14 heavy (non-hydrogen) atoms. The fourth-order valence-corrected chi connectivity index (χ4v) is 3.01. The van der Waals surface area contributed by atoms with E-state index in [0.29, 0.717) is 13.2 Å². The molecule has 0 aromatic heterocycles. The van der Waals surface area contributed by atoms with Crippen LogP contribution in [0, 0.1) is 5.41 Å². The van der Waals surface area contributed by atoms with Gasteiger partial charge in [0.25, 0.3) is 0 Å². The Morgan fingerprint density at radius 1 is 1.36 bits per heavy atom. The van der Waals surface area contributed by atoms with E-state index in [1.54, 1.807) is 0 Å². The Balaban J connectivity index is 3.84. The Morgan fingerprint density at radius 2 is 1.93 bits per heavy atom. The van der Waals surface area contributed by atoms with Gasteiger partial charge in [-0.1, -0.05) is 27.2 Å². The lowest BCUT2D eigenvalue weighted by Crippen LogP contribution is -2.27. The second-order valence-corrected chi connectivity index (χ2v) is 7.03. The average molecular weight is 243 g/mol. The van der Waals surface area contributed by atoms with Crippen molar-refractivity contribution in [1.82, 2.24) is 0 Å². The van der Waals surface area contributed by atoms with Crippen molar-refractivity contribution in [2.24, 2.45) is 5.41 Å². The van der Waals surface area contributed by atoms with Gasteiger partial charge in [-0.15, -0.1) is 0 Å². The Kier molecular flexibility index (Phi) is 6.02. The summed E-state index contributed by atoms with van der Waals surface area (Å²) in [5, 5.41) is 0. The van der Waals surface area contributed by atoms with Gasteiger partial charge < -0.3 is 4.74 Å². The Hall–Kier alpha value is 0.200. The van der Waals surface area contributed by atoms with Crippen LogP contribution in [0.1, 0.15) is 33.6 Å². The summed E-state index contributed by atoms with van der Waals surface area (Å²) in [7, 11) is 1.74. The van der Waals surface area contributed by atoms with Crippen LogP contribution < -0.4 is 0 Å². The maximum atomic E-state index is 10.8. The summed E-state index contributed by atoms with van der Waals surface area (Å²) in [5.41, 5.74) is -0.408. The lowest BCUT2D eigenvalue weighted by Gasteiger charge is -2.22. The van der Waals surface area contributed by atoms with Crippen LogP contribution in [0.3, 0.4) is 0 Å². The highest BCUT2D eigenvalue weighted by Crippen LogP contribution is 2.20. The van der Waals surface area contributed by atoms with Gasteiger partial charge in [-0.2, -0.15) is 0 Å². The molecule has 0 aliphatic carbocycles. The number of ether oxygens (including phenoxy) is 1. The van der Waals surface area contributed by atoms with Crippen molar-refractivity contribution >= 4 is 19.7 Å². The molecule has 0 aliphatic rings. The SMILES string of the molecule is CCCCOCC(C)(C)CS(=O)(=O)Cl. The molecular weight excluding hydrogens is 224 g/mol. The summed E-state index contributed by atoms with van der Waals surface area (Å²) in [5.74, 6) is -0.0479. The minimum atomic E-state index is -3.43. The van der Waals surface area contributed by atoms with Crippen molar-refractivity contribution in [3.05, 3.63) is 0 Å². The predicted octanol–water partition coefficient (Wildman–Crippen LogP) is 2.40. The summed E-state index contributed by atoms with van der Waals surface area (Å²) in [6.45, 7) is 6.86. The van der Waals surface area contributed by atoms with Crippen molar-refractivity contribution in [2.75, 3.05) is 19.0 Å². The van der Waals surface area contributed by atoms with Gasteiger partial charge >= 0.3 is 0 Å². The van der Waals surface area contributed by atoms with E-state index in [4.69, 9.17) is 15.4 Å². The van der Waals surface area contributed by atoms with Gasteiger partial charge in [0.15, 0.2) is 0 Å². The summed E-state index contributed by atoms with van der Waals surface area (Å²) in [6, 6.07) is 0. The van der Waals surface area contributed by atoms with Gasteiger partial charge in [0.1, 0.15) is 0 Å². The standard InChI is InChI=1S/C9H19ClO3S/c1-4-5-6-13-7-9(2,3)8-14(10,11)12/h4-8H2,1-3H3. The first-order valence-electron chi connectivity index (χ1n) is 4.77. The van der Waals surface area contributed by atoms with E-state index in [0.717, 1.165) is 12.8 Å². The largest absolute Gasteiger partial charge is 0.381 e. The van der Waals surface area contributed by atoms with E-state index in [1.165, 1.54) is 0 Å². The molecule has 0 unspecified atom stereocenters. The van der Waals surface area contributed by atoms with Crippen LogP contribution in [-0.2, 0) is 13.8 Å². The van der Waals surface area contributed by atoms with E-state index in [-0.39, 0.29) is 5.75 Å². The monoisotopic (exact) mass is 242 g/mol. The van der Waals surface area contributed by atoms with Crippen LogP contribution in [0.15, 0.2) is 0 Å². The fourth-order valence-electron chi connectivity index (χ4n) is 1.10. The molecule has 0 aliphatic heterocycles. The zero-order valence-electron chi connectivity index (χ0n) is 9.05. The van der Waals surface area contributed by atoms with Gasteiger partial charge in [0, 0.05) is 22.7 Å². The van der Waals surface area contributed by atoms with E-state index in [9.17, 15) is 8.42 Å². The highest BCUT2D eigenvalue weighted by Gasteiger charge is 2.24. The molecule has 0 amide bonds. The van der Waals surface area contributed by atoms with Crippen LogP contribution >= 0.6 is 10.7 Å². The third-order valence-electron chi connectivity index (χ3n) is 1.70. The van der Waals surface area contributed by atoms with Crippen molar-refractivity contribution in [3.8, 4) is 0 Å². The van der Waals surface area contributed by atoms with Crippen LogP contribution in [0.2, 0.25) is 0 Å². The lowest BCUT2D eigenvalue weighted by atomic mass is 9.98. The molecule has 0 spiro atoms. The summed E-state index contributed by atoms with van der Waals surface area (Å²) >= 11 is 0. The first-order valence-corrected chi connectivity index (χ1v) is 7.25. The maximum absolute atomic E-state index is 10.8. The molecule has 0 bridgehead atoms. The molecule has 0 radical (unpaired) electrons. The third kappa shape index (κ3) is 8.78. The van der Waals surface area contributed by atoms with Crippen LogP contribution in [0.5, 0.6) is 0 Å². The van der Waals surface area contributed by atoms with Gasteiger partial charge in [-0.3, -0.25) is 0 Å². The summed E-state index contributed by atoms with van der Waals surface area (Å²) < 4.78 is 27.1. The molecule has 0 saturated heterocycles. The molecular formula is C9H19ClO3S. The third-order valence-corrected chi connectivity index (χ3v) is 3.15. The zero-order chi connectivity index (χ0) is 11.2. The van der Waals surface area contributed by atoms with Crippen molar-refractivity contribution in [2.45, 2.75) is 33.6 Å². The van der Waals surface area contributed by atoms with Crippen molar-refractivity contribution in [1.29, 1.82) is 0 Å². The Bertz CT molecular complexity index is 247. The molecule has 86 valence electrons. The quantitative estimate of drug-likeness (QED) is 0.509. The highest BCUT2D eigenvalue weighted by molar-refractivity contribution is 8.13. The van der Waals surface area contributed by atoms with Gasteiger partial charge in [-0.25, -0.2) is 8.42 Å². The van der Waals surface area contributed by atoms with E-state index >= 15 is 0 Å². The number of hydrogen-bond acceptors (Lipinski definition) is 3. The molecule has 0 aromatic carbocycles. The van der Waals surface area contributed by atoms with Crippen LogP contribution in [0.4, 0.5) is 0 Å². The van der Waals surface area contributed by atoms with Crippen LogP contribution in [0.25, 0.3) is 0 Å². The molecule has 0 rings (SSSR count). The molecule has 0 N–H and O–H groups in total.